The molecule has 0 amide bonds. The van der Waals surface area contributed by atoms with Crippen molar-refractivity contribution < 1.29 is 430 Å². The third-order valence-corrected chi connectivity index (χ3v) is 0. The van der Waals surface area contributed by atoms with E-state index in [0.717, 1.165) is 51.4 Å². The Bertz CT molecular complexity index is 69.1. The average Bonchev–Trinajstić information content (AvgIpc) is 2.55. The molecular formula is C34H86ArY12-16. The van der Waals surface area contributed by atoms with Crippen LogP contribution >= 0.6 is 0 Å². The summed E-state index contributed by atoms with van der Waals surface area (Å²) in [6.45, 7) is 48.0. The standard InChI is InChI=1S/8C3H7.C2H6.8CH3.Ar.12Y/c8*1-3-2;1-2;;;;;;;;;;;;;;;;;;;;;/h8*1,3H2,2H3;1-2H3;8*1H3;;;;;;;;;;;;;/q8*-1;;8*-1;;;;;;;;;;;;;. The first-order valence-corrected chi connectivity index (χ1v) is 10.7. The molecule has 0 aromatic carbocycles. The molecule has 0 unspecified atom stereocenters. The van der Waals surface area contributed by atoms with Gasteiger partial charge in [-0.25, -0.2) is 0 Å². The third kappa shape index (κ3) is 984. The van der Waals surface area contributed by atoms with E-state index in [2.05, 4.69) is 55.4 Å². The van der Waals surface area contributed by atoms with Crippen LogP contribution in [0, 0.1) is 153 Å². The molecule has 0 rings (SSSR count). The van der Waals surface area contributed by atoms with Crippen LogP contribution in [-0.2, 0) is 393 Å². The van der Waals surface area contributed by atoms with E-state index in [9.17, 15) is 0 Å². The minimum absolute atomic E-state index is 0. The van der Waals surface area contributed by atoms with Crippen LogP contribution in [0.15, 0.2) is 0 Å². The molecule has 0 spiro atoms. The summed E-state index contributed by atoms with van der Waals surface area (Å²) in [6, 6.07) is 0. The molecule has 0 aromatic heterocycles. The Morgan fingerprint density at radius 2 is 0.213 bits per heavy atom. The summed E-state index contributed by atoms with van der Waals surface area (Å²) in [5.41, 5.74) is 0. The number of hydrogen-bond donors (Lipinski definition) is 0. The van der Waals surface area contributed by atoms with Crippen molar-refractivity contribution in [2.75, 3.05) is 0 Å². The molecule has 13 heteroatoms. The van der Waals surface area contributed by atoms with Gasteiger partial charge in [-0.15, -0.1) is 0 Å². The fraction of sp³-hybridized carbons (Fsp3) is 0.529. The van der Waals surface area contributed by atoms with Crippen molar-refractivity contribution >= 4 is 0 Å². The van der Waals surface area contributed by atoms with Crippen molar-refractivity contribution in [1.82, 2.24) is 0 Å². The molecule has 0 fully saturated rings. The second-order valence-electron chi connectivity index (χ2n) is 4.00. The van der Waals surface area contributed by atoms with Gasteiger partial charge < -0.3 is 115 Å². The van der Waals surface area contributed by atoms with Crippen molar-refractivity contribution in [2.24, 2.45) is 0 Å². The molecule has 0 heterocycles. The second-order valence-corrected chi connectivity index (χ2v) is 4.00. The minimum atomic E-state index is 0. The van der Waals surface area contributed by atoms with E-state index in [-0.39, 0.29) is 490 Å². The van der Waals surface area contributed by atoms with Crippen LogP contribution in [0.4, 0.5) is 0 Å². The van der Waals surface area contributed by atoms with Crippen LogP contribution in [0.5, 0.6) is 0 Å². The Morgan fingerprint density at radius 3 is 0.213 bits per heavy atom. The SMILES string of the molecule is CC.[Ar].[CH2-]CC.[CH2-]CC.[CH2-]CC.[CH2-]CC.[CH2-]CC.[CH2-]CC.[CH2-]CC.[CH2-]CC.[CH3-].[CH3-].[CH3-].[CH3-].[CH3-].[CH3-].[CH3-].[CH3-].[Y].[Y].[Y].[Y].[Y].[Y].[Y].[Y].[Y].[Y].[Y].[Y]. The average molecular weight is 1600 g/mol. The molecule has 0 N–H and O–H groups in total. The molecule has 0 bridgehead atoms. The largest absolute Gasteiger partial charge is 0.358 e. The van der Waals surface area contributed by atoms with Crippen molar-refractivity contribution in [3.05, 3.63) is 115 Å². The van der Waals surface area contributed by atoms with E-state index < -0.39 is 0 Å². The zero-order chi connectivity index (χ0) is 23.7. The Morgan fingerprint density at radius 1 is 0.213 bits per heavy atom. The van der Waals surface area contributed by atoms with Crippen molar-refractivity contribution in [2.45, 2.75) is 121 Å². The van der Waals surface area contributed by atoms with Gasteiger partial charge in [-0.1, -0.05) is 69.2 Å². The van der Waals surface area contributed by atoms with E-state index in [1.165, 1.54) is 0 Å². The van der Waals surface area contributed by atoms with E-state index in [1.54, 1.807) is 0 Å². The van der Waals surface area contributed by atoms with Crippen LogP contribution in [0.2, 0.25) is 0 Å². The van der Waals surface area contributed by atoms with Crippen molar-refractivity contribution in [3.8, 4) is 0 Å². The predicted octanol–water partition coefficient (Wildman–Crippen LogP) is 14.4. The fourth-order valence-electron chi connectivity index (χ4n) is 0. The van der Waals surface area contributed by atoms with Crippen LogP contribution in [-0.4, -0.2) is 0 Å². The molecule has 0 atom stereocenters. The maximum Gasteiger partial charge on any atom is 0 e. The molecule has 0 aliphatic heterocycles. The molecular weight excluding hydrogens is 1520 g/mol. The van der Waals surface area contributed by atoms with Crippen molar-refractivity contribution in [3.63, 3.8) is 0 Å². The van der Waals surface area contributed by atoms with Crippen LogP contribution in [0.1, 0.15) is 121 Å². The van der Waals surface area contributed by atoms with Crippen LogP contribution in [0.3, 0.4) is 0 Å². The number of rotatable bonds is 0. The molecule has 0 saturated heterocycles. The van der Waals surface area contributed by atoms with Crippen LogP contribution in [0.25, 0.3) is 0 Å². The van der Waals surface area contributed by atoms with Gasteiger partial charge >= 0.3 is 0 Å². The van der Waals surface area contributed by atoms with Gasteiger partial charge in [-0.2, -0.15) is 51.4 Å². The summed E-state index contributed by atoms with van der Waals surface area (Å²) < 4.78 is 0. The van der Waals surface area contributed by atoms with E-state index >= 15 is 0 Å². The van der Waals surface area contributed by atoms with E-state index in [4.69, 9.17) is 0 Å². The molecule has 0 saturated carbocycles. The van der Waals surface area contributed by atoms with Crippen molar-refractivity contribution in [1.29, 1.82) is 0 Å². The summed E-state index contributed by atoms with van der Waals surface area (Å²) >= 11 is 0. The van der Waals surface area contributed by atoms with Crippen LogP contribution < -0.4 is 0 Å². The van der Waals surface area contributed by atoms with Gasteiger partial charge in [0.1, 0.15) is 0 Å². The molecule has 47 heavy (non-hydrogen) atoms. The van der Waals surface area contributed by atoms with Gasteiger partial charge in [0.15, 0.2) is 0 Å². The molecule has 12 radical (unpaired) electrons. The second kappa shape index (κ2) is 423. The van der Waals surface area contributed by atoms with Gasteiger partial charge in [0.05, 0.1) is 0 Å². The minimum Gasteiger partial charge on any atom is -0.358 e. The maximum atomic E-state index is 3.49. The number of hydrogen-bond acceptors (Lipinski definition) is 0. The van der Waals surface area contributed by atoms with E-state index in [1.807, 2.05) is 69.2 Å². The zero-order valence-electron chi connectivity index (χ0n) is 36.6. The monoisotopic (exact) mass is 1600 g/mol. The Kier molecular flexibility index (Phi) is 2040. The van der Waals surface area contributed by atoms with Gasteiger partial charge in [0.25, 0.3) is 0 Å². The summed E-state index contributed by atoms with van der Waals surface area (Å²) in [5, 5.41) is 0. The Hall–Kier alpha value is 14.5. The summed E-state index contributed by atoms with van der Waals surface area (Å²) in [4.78, 5) is 0. The molecule has 0 aliphatic carbocycles. The third-order valence-electron chi connectivity index (χ3n) is 0. The smallest absolute Gasteiger partial charge is 0 e. The zero-order valence-corrected chi connectivity index (χ0v) is 71.4. The van der Waals surface area contributed by atoms with E-state index in [0.29, 0.717) is 0 Å². The fourth-order valence-corrected chi connectivity index (χ4v) is 0. The summed E-state index contributed by atoms with van der Waals surface area (Å²) in [5.74, 6) is 0. The summed E-state index contributed by atoms with van der Waals surface area (Å²) in [6.07, 6.45) is 8.00. The Labute approximate surface area is 648 Å². The topological polar surface area (TPSA) is 0 Å². The summed E-state index contributed by atoms with van der Waals surface area (Å²) in [7, 11) is 0. The van der Waals surface area contributed by atoms with Gasteiger partial charge in [-0.3, -0.25) is 0 Å². The quantitative estimate of drug-likeness (QED) is 0.212. The molecule has 0 aliphatic rings. The normalized spacial score (nSPS) is 3.19. The molecule has 282 valence electrons. The first-order valence-electron chi connectivity index (χ1n) is 10.7. The molecule has 0 aromatic rings. The predicted molar refractivity (Wildman–Crippen MR) is 188 cm³/mol. The van der Waals surface area contributed by atoms with Gasteiger partial charge in [0.2, 0.25) is 0 Å². The first-order chi connectivity index (χ1) is 12.3. The molecule has 0 nitrogen and oxygen atoms in total. The van der Waals surface area contributed by atoms with Gasteiger partial charge in [0, 0.05) is 430 Å². The van der Waals surface area contributed by atoms with Gasteiger partial charge in [-0.05, 0) is 0 Å². The maximum absolute atomic E-state index is 3.49. The first kappa shape index (κ1) is 227. The Balaban J connectivity index is -0.00000000234.